The number of unbranched alkanes of at least 4 members (excludes halogenated alkanes) is 35. The normalized spacial score (nSPS) is 12.4. The molecule has 0 aromatic rings. The van der Waals surface area contributed by atoms with E-state index in [0.717, 1.165) is 83.5 Å². The molecule has 0 aromatic carbocycles. The molecule has 0 unspecified atom stereocenters. The fourth-order valence-corrected chi connectivity index (χ4v) is 8.83. The number of carbonyl (C=O) groups is 3. The molecule has 0 heterocycles. The van der Waals surface area contributed by atoms with E-state index in [4.69, 9.17) is 14.2 Å². The smallest absolute Gasteiger partial charge is 0.306 e. The first-order valence-electron chi connectivity index (χ1n) is 30.8. The van der Waals surface area contributed by atoms with Gasteiger partial charge < -0.3 is 14.2 Å². The molecule has 71 heavy (non-hydrogen) atoms. The SMILES string of the molecule is CCCCC/C=C\C/C=C\C/C=C\CCCCC(=O)OC[C@@H](COC(=O)CCCCCCCCC/C=C\C/C=C\CCCCC)OC(=O)CCCCCCCCCCCCCCCCCCCCCCC. The van der Waals surface area contributed by atoms with Crippen molar-refractivity contribution in [3.63, 3.8) is 0 Å². The van der Waals surface area contributed by atoms with Crippen molar-refractivity contribution in [3.8, 4) is 0 Å². The van der Waals surface area contributed by atoms with Gasteiger partial charge in [-0.25, -0.2) is 0 Å². The summed E-state index contributed by atoms with van der Waals surface area (Å²) < 4.78 is 16.9. The van der Waals surface area contributed by atoms with Gasteiger partial charge in [0.2, 0.25) is 0 Å². The van der Waals surface area contributed by atoms with Gasteiger partial charge in [0, 0.05) is 19.3 Å². The fourth-order valence-electron chi connectivity index (χ4n) is 8.83. The molecular weight excluding hydrogens is 877 g/mol. The average molecular weight is 994 g/mol. The maximum Gasteiger partial charge on any atom is 0.306 e. The minimum atomic E-state index is -0.792. The second kappa shape index (κ2) is 59.7. The Hall–Kier alpha value is -2.89. The van der Waals surface area contributed by atoms with Crippen LogP contribution in [0.1, 0.15) is 316 Å². The predicted octanol–water partition coefficient (Wildman–Crippen LogP) is 20.8. The molecular formula is C65H116O6. The summed E-state index contributed by atoms with van der Waals surface area (Å²) in [6.07, 6.45) is 75.1. The Bertz CT molecular complexity index is 1280. The Morgan fingerprint density at radius 2 is 0.507 bits per heavy atom. The van der Waals surface area contributed by atoms with Gasteiger partial charge in [0.15, 0.2) is 6.10 Å². The molecule has 0 N–H and O–H groups in total. The fraction of sp³-hybridized carbons (Fsp3) is 0.800. The maximum atomic E-state index is 12.9. The van der Waals surface area contributed by atoms with Crippen molar-refractivity contribution in [3.05, 3.63) is 60.8 Å². The van der Waals surface area contributed by atoms with Crippen molar-refractivity contribution in [2.75, 3.05) is 13.2 Å². The van der Waals surface area contributed by atoms with Crippen LogP contribution in [0.15, 0.2) is 60.8 Å². The van der Waals surface area contributed by atoms with E-state index in [1.54, 1.807) is 0 Å². The first-order chi connectivity index (χ1) is 35.0. The van der Waals surface area contributed by atoms with Crippen LogP contribution >= 0.6 is 0 Å². The molecule has 0 rings (SSSR count). The van der Waals surface area contributed by atoms with E-state index >= 15 is 0 Å². The zero-order valence-corrected chi connectivity index (χ0v) is 47.2. The molecule has 0 amide bonds. The molecule has 0 fully saturated rings. The molecule has 0 spiro atoms. The highest BCUT2D eigenvalue weighted by molar-refractivity contribution is 5.71. The van der Waals surface area contributed by atoms with Crippen molar-refractivity contribution in [1.82, 2.24) is 0 Å². The molecule has 412 valence electrons. The van der Waals surface area contributed by atoms with Crippen molar-refractivity contribution >= 4 is 17.9 Å². The average Bonchev–Trinajstić information content (AvgIpc) is 3.37. The Kier molecular flexibility index (Phi) is 57.2. The molecule has 1 atom stereocenters. The first-order valence-corrected chi connectivity index (χ1v) is 30.8. The lowest BCUT2D eigenvalue weighted by Gasteiger charge is -2.18. The molecule has 0 saturated carbocycles. The van der Waals surface area contributed by atoms with Gasteiger partial charge >= 0.3 is 17.9 Å². The molecule has 0 aliphatic heterocycles. The standard InChI is InChI=1S/C65H116O6/c1-4-7-10-13-16-19-22-25-28-30-31-32-33-35-38-41-44-47-50-53-56-59-65(68)71-62(60-69-63(66)57-54-51-48-45-42-39-36-27-24-21-18-15-12-9-6-3)61-70-64(67)58-55-52-49-46-43-40-37-34-29-26-23-20-17-14-11-8-5-2/h17-18,20-21,26-27,29,36,42,45,62H,4-16,19,22-25,28,30-35,37-41,43-44,46-61H2,1-3H3/b20-17-,21-18-,29-26-,36-27-,45-42-/t62-/m0/s1. The summed E-state index contributed by atoms with van der Waals surface area (Å²) in [4.78, 5) is 38.2. The van der Waals surface area contributed by atoms with Crippen LogP contribution in [0.2, 0.25) is 0 Å². The minimum Gasteiger partial charge on any atom is -0.462 e. The highest BCUT2D eigenvalue weighted by atomic mass is 16.6. The van der Waals surface area contributed by atoms with E-state index in [9.17, 15) is 14.4 Å². The lowest BCUT2D eigenvalue weighted by molar-refractivity contribution is -0.167. The zero-order chi connectivity index (χ0) is 51.4. The number of hydrogen-bond donors (Lipinski definition) is 0. The van der Waals surface area contributed by atoms with Crippen LogP contribution in [0.5, 0.6) is 0 Å². The molecule has 0 saturated heterocycles. The summed E-state index contributed by atoms with van der Waals surface area (Å²) in [6.45, 7) is 6.59. The largest absolute Gasteiger partial charge is 0.462 e. The van der Waals surface area contributed by atoms with E-state index in [-0.39, 0.29) is 31.1 Å². The third kappa shape index (κ3) is 57.9. The second-order valence-corrected chi connectivity index (χ2v) is 20.6. The van der Waals surface area contributed by atoms with E-state index in [2.05, 4.69) is 81.5 Å². The summed E-state index contributed by atoms with van der Waals surface area (Å²) in [6, 6.07) is 0. The summed E-state index contributed by atoms with van der Waals surface area (Å²) >= 11 is 0. The Labute approximate surface area is 440 Å². The van der Waals surface area contributed by atoms with Crippen molar-refractivity contribution in [2.45, 2.75) is 322 Å². The predicted molar refractivity (Wildman–Crippen MR) is 307 cm³/mol. The van der Waals surface area contributed by atoms with E-state index < -0.39 is 6.10 Å². The summed E-state index contributed by atoms with van der Waals surface area (Å²) in [5.74, 6) is -0.918. The van der Waals surface area contributed by atoms with Gasteiger partial charge in [0.1, 0.15) is 13.2 Å². The molecule has 0 aromatic heterocycles. The van der Waals surface area contributed by atoms with Crippen LogP contribution in [-0.4, -0.2) is 37.2 Å². The Balaban J connectivity index is 4.38. The molecule has 0 aliphatic rings. The topological polar surface area (TPSA) is 78.9 Å². The number of allylic oxidation sites excluding steroid dienone is 10. The van der Waals surface area contributed by atoms with Gasteiger partial charge in [-0.1, -0.05) is 268 Å². The van der Waals surface area contributed by atoms with Gasteiger partial charge in [-0.15, -0.1) is 0 Å². The molecule has 6 nitrogen and oxygen atoms in total. The maximum absolute atomic E-state index is 12.9. The van der Waals surface area contributed by atoms with E-state index in [1.807, 2.05) is 0 Å². The molecule has 0 aliphatic carbocycles. The second-order valence-electron chi connectivity index (χ2n) is 20.6. The number of ether oxygens (including phenoxy) is 3. The van der Waals surface area contributed by atoms with Gasteiger partial charge in [-0.3, -0.25) is 14.4 Å². The molecule has 0 bridgehead atoms. The lowest BCUT2D eigenvalue weighted by atomic mass is 10.0. The Morgan fingerprint density at radius 3 is 0.845 bits per heavy atom. The van der Waals surface area contributed by atoms with Crippen LogP contribution in [0, 0.1) is 0 Å². The number of esters is 3. The third-order valence-electron chi connectivity index (χ3n) is 13.5. The van der Waals surface area contributed by atoms with Gasteiger partial charge in [0.05, 0.1) is 0 Å². The van der Waals surface area contributed by atoms with Crippen LogP contribution in [-0.2, 0) is 28.6 Å². The number of carbonyl (C=O) groups excluding carboxylic acids is 3. The van der Waals surface area contributed by atoms with Crippen molar-refractivity contribution in [2.24, 2.45) is 0 Å². The van der Waals surface area contributed by atoms with Crippen LogP contribution in [0.25, 0.3) is 0 Å². The van der Waals surface area contributed by atoms with Crippen molar-refractivity contribution < 1.29 is 28.6 Å². The molecule has 6 heteroatoms. The quantitative estimate of drug-likeness (QED) is 0.0261. The molecule has 0 radical (unpaired) electrons. The number of rotatable bonds is 56. The number of hydrogen-bond acceptors (Lipinski definition) is 6. The van der Waals surface area contributed by atoms with Crippen LogP contribution in [0.3, 0.4) is 0 Å². The van der Waals surface area contributed by atoms with Gasteiger partial charge in [-0.05, 0) is 89.9 Å². The minimum absolute atomic E-state index is 0.0880. The highest BCUT2D eigenvalue weighted by Crippen LogP contribution is 2.17. The monoisotopic (exact) mass is 993 g/mol. The Morgan fingerprint density at radius 1 is 0.282 bits per heavy atom. The van der Waals surface area contributed by atoms with Crippen LogP contribution in [0.4, 0.5) is 0 Å². The van der Waals surface area contributed by atoms with Crippen molar-refractivity contribution in [1.29, 1.82) is 0 Å². The summed E-state index contributed by atoms with van der Waals surface area (Å²) in [7, 11) is 0. The highest BCUT2D eigenvalue weighted by Gasteiger charge is 2.19. The van der Waals surface area contributed by atoms with E-state index in [0.29, 0.717) is 19.3 Å². The zero-order valence-electron chi connectivity index (χ0n) is 47.2. The third-order valence-corrected chi connectivity index (χ3v) is 13.5. The van der Waals surface area contributed by atoms with Gasteiger partial charge in [0.25, 0.3) is 0 Å². The van der Waals surface area contributed by atoms with E-state index in [1.165, 1.54) is 193 Å². The first kappa shape index (κ1) is 68.1. The summed E-state index contributed by atoms with van der Waals surface area (Å²) in [5, 5.41) is 0. The lowest BCUT2D eigenvalue weighted by Crippen LogP contribution is -2.30. The summed E-state index contributed by atoms with van der Waals surface area (Å²) in [5.41, 5.74) is 0. The van der Waals surface area contributed by atoms with Gasteiger partial charge in [-0.2, -0.15) is 0 Å². The van der Waals surface area contributed by atoms with Crippen LogP contribution < -0.4 is 0 Å².